The van der Waals surface area contributed by atoms with Gasteiger partial charge < -0.3 is 0 Å². The van der Waals surface area contributed by atoms with Crippen molar-refractivity contribution in [1.29, 1.82) is 0 Å². The van der Waals surface area contributed by atoms with Crippen molar-refractivity contribution >= 4 is 18.4 Å². The van der Waals surface area contributed by atoms with Gasteiger partial charge in [0.2, 0.25) is 0 Å². The number of rotatable bonds is 4. The number of benzene rings is 4. The van der Waals surface area contributed by atoms with Gasteiger partial charge in [0.05, 0.1) is 0 Å². The van der Waals surface area contributed by atoms with Gasteiger partial charge in [-0.25, -0.2) is 15.0 Å². The predicted octanol–water partition coefficient (Wildman–Crippen LogP) is 5.60. The predicted molar refractivity (Wildman–Crippen MR) is 142 cm³/mol. The third kappa shape index (κ3) is 3.57. The maximum Gasteiger partial charge on any atom is 0.163 e. The van der Waals surface area contributed by atoms with Crippen LogP contribution in [0.25, 0.3) is 33.9 Å². The molecule has 0 saturated carbocycles. The molecule has 0 bridgehead atoms. The molecular weight excluding hydrogens is 430 g/mol. The fraction of sp³-hybridized carbons (Fsp3) is 0.100. The summed E-state index contributed by atoms with van der Waals surface area (Å²) in [4.78, 5) is 14.6. The van der Waals surface area contributed by atoms with E-state index >= 15 is 0 Å². The van der Waals surface area contributed by atoms with Gasteiger partial charge in [-0.2, -0.15) is 0 Å². The number of nitrogens with zero attached hydrogens (tertiary/aromatic N) is 3. The molecule has 0 unspecified atom stereocenters. The third-order valence-corrected chi connectivity index (χ3v) is 10.3. The lowest BCUT2D eigenvalue weighted by atomic mass is 10.0. The minimum absolute atomic E-state index is 0.677. The fourth-order valence-electron chi connectivity index (χ4n) is 4.98. The summed E-state index contributed by atoms with van der Waals surface area (Å²) in [6.07, 6.45) is 0.677. The van der Waals surface area contributed by atoms with Crippen molar-refractivity contribution in [2.45, 2.75) is 19.5 Å². The molecular formula is C30H25N3Si. The number of hydrogen-bond donors (Lipinski definition) is 0. The zero-order valence-corrected chi connectivity index (χ0v) is 20.4. The first-order valence-corrected chi connectivity index (χ1v) is 14.7. The van der Waals surface area contributed by atoms with Crippen LogP contribution in [0.5, 0.6) is 0 Å². The van der Waals surface area contributed by atoms with Crippen molar-refractivity contribution in [1.82, 2.24) is 15.0 Å². The van der Waals surface area contributed by atoms with Gasteiger partial charge in [-0.15, -0.1) is 0 Å². The highest BCUT2D eigenvalue weighted by Crippen LogP contribution is 2.29. The molecule has 0 radical (unpaired) electrons. The van der Waals surface area contributed by atoms with Gasteiger partial charge in [-0.05, 0) is 27.1 Å². The van der Waals surface area contributed by atoms with E-state index in [1.54, 1.807) is 0 Å². The number of fused-ring (bicyclic) bond motifs is 3. The molecule has 34 heavy (non-hydrogen) atoms. The second kappa shape index (κ2) is 8.15. The van der Waals surface area contributed by atoms with E-state index in [2.05, 4.69) is 79.8 Å². The molecule has 0 fully saturated rings. The van der Waals surface area contributed by atoms with E-state index in [1.807, 2.05) is 36.4 Å². The van der Waals surface area contributed by atoms with Gasteiger partial charge in [0, 0.05) is 17.5 Å². The Labute approximate surface area is 201 Å². The lowest BCUT2D eigenvalue weighted by Crippen LogP contribution is -2.49. The molecule has 164 valence electrons. The normalized spacial score (nSPS) is 13.4. The molecule has 1 aromatic heterocycles. The molecule has 5 aromatic rings. The van der Waals surface area contributed by atoms with E-state index < -0.39 is 8.07 Å². The van der Waals surface area contributed by atoms with Crippen LogP contribution in [0.15, 0.2) is 103 Å². The summed E-state index contributed by atoms with van der Waals surface area (Å²) in [6, 6.07) is 36.1. The van der Waals surface area contributed by atoms with Gasteiger partial charge in [-0.1, -0.05) is 116 Å². The molecule has 4 aromatic carbocycles. The van der Waals surface area contributed by atoms with Crippen LogP contribution >= 0.6 is 0 Å². The average Bonchev–Trinajstić information content (AvgIpc) is 3.11. The molecule has 6 rings (SSSR count). The maximum atomic E-state index is 4.88. The summed E-state index contributed by atoms with van der Waals surface area (Å²) in [6.45, 7) is 4.90. The van der Waals surface area contributed by atoms with Crippen LogP contribution in [-0.4, -0.2) is 23.0 Å². The summed E-state index contributed by atoms with van der Waals surface area (Å²) in [5.74, 6) is 2.23. The average molecular weight is 456 g/mol. The fourth-order valence-corrected chi connectivity index (χ4v) is 8.11. The van der Waals surface area contributed by atoms with Crippen LogP contribution in [0.1, 0.15) is 11.4 Å². The Hall–Kier alpha value is -3.89. The molecule has 3 nitrogen and oxygen atoms in total. The van der Waals surface area contributed by atoms with Crippen molar-refractivity contribution in [3.8, 4) is 33.9 Å². The SMILES string of the molecule is C[Si]1(C)c2ccccc2-c2ccc(Cc3nc(-c4ccccc4)nc(-c4ccccc4)n3)cc21. The summed E-state index contributed by atoms with van der Waals surface area (Å²) < 4.78 is 0. The van der Waals surface area contributed by atoms with Crippen molar-refractivity contribution in [3.05, 3.63) is 115 Å². The maximum absolute atomic E-state index is 4.88. The Kier molecular flexibility index (Phi) is 4.96. The Morgan fingerprint density at radius 3 is 1.76 bits per heavy atom. The molecule has 0 aliphatic carbocycles. The van der Waals surface area contributed by atoms with Crippen LogP contribution in [0.4, 0.5) is 0 Å². The number of hydrogen-bond acceptors (Lipinski definition) is 3. The zero-order valence-electron chi connectivity index (χ0n) is 19.4. The molecule has 2 heterocycles. The lowest BCUT2D eigenvalue weighted by Gasteiger charge is -2.19. The second-order valence-electron chi connectivity index (χ2n) is 9.36. The van der Waals surface area contributed by atoms with Gasteiger partial charge in [0.1, 0.15) is 13.9 Å². The third-order valence-electron chi connectivity index (χ3n) is 6.76. The molecule has 4 heteroatoms. The highest BCUT2D eigenvalue weighted by Gasteiger charge is 2.37. The van der Waals surface area contributed by atoms with Gasteiger partial charge in [-0.3, -0.25) is 0 Å². The Bertz CT molecular complexity index is 1440. The standard InChI is InChI=1S/C30H25N3Si/c1-34(2)26-16-10-9-15-24(26)25-18-17-21(19-27(25)34)20-28-31-29(22-11-5-3-6-12-22)33-30(32-28)23-13-7-4-8-14-23/h3-19H,20H2,1-2H3. The summed E-state index contributed by atoms with van der Waals surface area (Å²) >= 11 is 0. The lowest BCUT2D eigenvalue weighted by molar-refractivity contribution is 0.933. The van der Waals surface area contributed by atoms with Gasteiger partial charge >= 0.3 is 0 Å². The molecule has 0 spiro atoms. The Morgan fingerprint density at radius 2 is 1.12 bits per heavy atom. The van der Waals surface area contributed by atoms with Crippen molar-refractivity contribution < 1.29 is 0 Å². The van der Waals surface area contributed by atoms with E-state index in [4.69, 9.17) is 15.0 Å². The van der Waals surface area contributed by atoms with Crippen molar-refractivity contribution in [3.63, 3.8) is 0 Å². The summed E-state index contributed by atoms with van der Waals surface area (Å²) in [7, 11) is -1.71. The minimum atomic E-state index is -1.71. The van der Waals surface area contributed by atoms with E-state index in [0.717, 1.165) is 17.0 Å². The minimum Gasteiger partial charge on any atom is -0.213 e. The smallest absolute Gasteiger partial charge is 0.163 e. The summed E-state index contributed by atoms with van der Waals surface area (Å²) in [5, 5.41) is 3.03. The van der Waals surface area contributed by atoms with Crippen LogP contribution in [0.2, 0.25) is 13.1 Å². The molecule has 0 amide bonds. The van der Waals surface area contributed by atoms with Crippen LogP contribution in [0.3, 0.4) is 0 Å². The second-order valence-corrected chi connectivity index (χ2v) is 13.7. The highest BCUT2D eigenvalue weighted by atomic mass is 28.3. The number of aromatic nitrogens is 3. The molecule has 0 N–H and O–H groups in total. The molecule has 0 saturated heterocycles. The van der Waals surface area contributed by atoms with E-state index in [0.29, 0.717) is 18.1 Å². The zero-order chi connectivity index (χ0) is 23.1. The largest absolute Gasteiger partial charge is 0.213 e. The Morgan fingerprint density at radius 1 is 0.559 bits per heavy atom. The van der Waals surface area contributed by atoms with Crippen molar-refractivity contribution in [2.24, 2.45) is 0 Å². The van der Waals surface area contributed by atoms with Crippen LogP contribution in [-0.2, 0) is 6.42 Å². The first-order chi connectivity index (χ1) is 16.6. The van der Waals surface area contributed by atoms with Crippen LogP contribution < -0.4 is 10.4 Å². The van der Waals surface area contributed by atoms with Crippen molar-refractivity contribution in [2.75, 3.05) is 0 Å². The topological polar surface area (TPSA) is 38.7 Å². The van der Waals surface area contributed by atoms with E-state index in [9.17, 15) is 0 Å². The van der Waals surface area contributed by atoms with E-state index in [-0.39, 0.29) is 0 Å². The van der Waals surface area contributed by atoms with Gasteiger partial charge in [0.15, 0.2) is 11.6 Å². The van der Waals surface area contributed by atoms with E-state index in [1.165, 1.54) is 27.1 Å². The molecule has 0 atom stereocenters. The van der Waals surface area contributed by atoms with Gasteiger partial charge in [0.25, 0.3) is 0 Å². The first kappa shape index (κ1) is 20.7. The first-order valence-electron chi connectivity index (χ1n) is 11.7. The summed E-state index contributed by atoms with van der Waals surface area (Å²) in [5.41, 5.74) is 6.04. The Balaban J connectivity index is 1.42. The molecule has 1 aliphatic rings. The monoisotopic (exact) mass is 455 g/mol. The highest BCUT2D eigenvalue weighted by molar-refractivity contribution is 7.03. The quantitative estimate of drug-likeness (QED) is 0.331. The van der Waals surface area contributed by atoms with Crippen LogP contribution in [0, 0.1) is 0 Å². The molecule has 1 aliphatic heterocycles.